The number of halogens is 6. The number of rotatable bonds is 10. The fourth-order valence-corrected chi connectivity index (χ4v) is 4.11. The molecule has 0 fully saturated rings. The molecule has 2 aromatic carbocycles. The Hall–Kier alpha value is -3.22. The Labute approximate surface area is 229 Å². The lowest BCUT2D eigenvalue weighted by atomic mass is 10.0. The Morgan fingerprint density at radius 1 is 1.11 bits per heavy atom. The van der Waals surface area contributed by atoms with Crippen LogP contribution in [0.2, 0.25) is 15.1 Å². The molecule has 0 radical (unpaired) electrons. The van der Waals surface area contributed by atoms with Crippen molar-refractivity contribution in [3.63, 3.8) is 0 Å². The fourth-order valence-electron chi connectivity index (χ4n) is 3.55. The fraction of sp³-hybridized carbons (Fsp3) is 0.304. The van der Waals surface area contributed by atoms with Crippen LogP contribution in [0.25, 0.3) is 11.4 Å². The zero-order valence-corrected chi connectivity index (χ0v) is 21.7. The Morgan fingerprint density at radius 3 is 2.42 bits per heavy atom. The summed E-state index contributed by atoms with van der Waals surface area (Å²) in [5.74, 6) is -0.775. The van der Waals surface area contributed by atoms with Gasteiger partial charge in [0.15, 0.2) is 5.82 Å². The van der Waals surface area contributed by atoms with Crippen LogP contribution in [0.15, 0.2) is 47.3 Å². The first-order valence-corrected chi connectivity index (χ1v) is 12.1. The van der Waals surface area contributed by atoms with Gasteiger partial charge in [0.05, 0.1) is 29.1 Å². The Kier molecular flexibility index (Phi) is 9.69. The molecule has 0 spiro atoms. The van der Waals surface area contributed by atoms with Crippen molar-refractivity contribution >= 4 is 46.8 Å². The average molecular weight is 595 g/mol. The molecule has 3 aromatic rings. The van der Waals surface area contributed by atoms with Crippen LogP contribution >= 0.6 is 34.8 Å². The zero-order valence-electron chi connectivity index (χ0n) is 19.5. The van der Waals surface area contributed by atoms with Gasteiger partial charge in [0.2, 0.25) is 5.91 Å². The van der Waals surface area contributed by atoms with Gasteiger partial charge in [-0.05, 0) is 35.9 Å². The third-order valence-corrected chi connectivity index (χ3v) is 6.37. The van der Waals surface area contributed by atoms with Gasteiger partial charge in [-0.25, -0.2) is 14.3 Å². The third-order valence-electron chi connectivity index (χ3n) is 5.28. The van der Waals surface area contributed by atoms with Crippen molar-refractivity contribution < 1.29 is 27.5 Å². The van der Waals surface area contributed by atoms with Crippen molar-refractivity contribution in [1.29, 1.82) is 0 Å². The summed E-state index contributed by atoms with van der Waals surface area (Å²) in [5.41, 5.74) is 4.82. The minimum absolute atomic E-state index is 0.0552. The highest BCUT2D eigenvalue weighted by Gasteiger charge is 2.29. The van der Waals surface area contributed by atoms with Crippen LogP contribution in [0.1, 0.15) is 24.4 Å². The van der Waals surface area contributed by atoms with Crippen LogP contribution in [-0.2, 0) is 22.6 Å². The number of ether oxygens (including phenoxy) is 1. The lowest BCUT2D eigenvalue weighted by Gasteiger charge is -2.20. The predicted octanol–water partition coefficient (Wildman–Crippen LogP) is 4.97. The molecule has 38 heavy (non-hydrogen) atoms. The molecule has 1 unspecified atom stereocenters. The number of nitrogens with two attached hydrogens (primary N) is 1. The second kappa shape index (κ2) is 12.5. The molecule has 1 atom stereocenters. The number of hydrogen-bond donors (Lipinski definition) is 2. The van der Waals surface area contributed by atoms with Crippen LogP contribution < -0.4 is 16.7 Å². The number of nitrogens with zero attached hydrogens (tertiary/aromatic N) is 3. The standard InChI is InChI=1S/C23H21Cl3F3N5O4/c24-14-6-4-13(5-7-14)20-32-34(22(37)33(20)10-9-23(27,28)29)12-18(35)31-17(8-11-38-21(30)36)15-2-1-3-16(25)19(15)26/h1-7,17H,8-12H2,(H2,30,36)(H,31,35). The number of aromatic nitrogens is 3. The van der Waals surface area contributed by atoms with Crippen molar-refractivity contribution in [3.8, 4) is 11.4 Å². The van der Waals surface area contributed by atoms with Gasteiger partial charge in [-0.1, -0.05) is 46.9 Å². The van der Waals surface area contributed by atoms with Gasteiger partial charge >= 0.3 is 18.0 Å². The lowest BCUT2D eigenvalue weighted by molar-refractivity contribution is -0.136. The largest absolute Gasteiger partial charge is 0.450 e. The van der Waals surface area contributed by atoms with Crippen molar-refractivity contribution in [2.45, 2.75) is 38.1 Å². The molecule has 1 aromatic heterocycles. The normalized spacial score (nSPS) is 12.3. The van der Waals surface area contributed by atoms with Gasteiger partial charge in [0, 0.05) is 23.6 Å². The average Bonchev–Trinajstić information content (AvgIpc) is 3.13. The summed E-state index contributed by atoms with van der Waals surface area (Å²) in [6, 6.07) is 9.90. The third kappa shape index (κ3) is 7.89. The molecular formula is C23H21Cl3F3N5O4. The lowest BCUT2D eigenvalue weighted by Crippen LogP contribution is -2.36. The molecule has 0 saturated heterocycles. The number of primary amides is 1. The minimum atomic E-state index is -4.52. The molecule has 3 N–H and O–H groups in total. The summed E-state index contributed by atoms with van der Waals surface area (Å²) >= 11 is 18.3. The molecule has 0 aliphatic carbocycles. The van der Waals surface area contributed by atoms with E-state index in [1.807, 2.05) is 0 Å². The Balaban J connectivity index is 1.88. The van der Waals surface area contributed by atoms with Crippen LogP contribution in [0.5, 0.6) is 0 Å². The Morgan fingerprint density at radius 2 is 1.79 bits per heavy atom. The van der Waals surface area contributed by atoms with E-state index in [1.165, 1.54) is 30.3 Å². The highest BCUT2D eigenvalue weighted by atomic mass is 35.5. The molecule has 0 saturated carbocycles. The van der Waals surface area contributed by atoms with E-state index in [2.05, 4.69) is 10.4 Å². The first kappa shape index (κ1) is 29.3. The van der Waals surface area contributed by atoms with Crippen molar-refractivity contribution in [1.82, 2.24) is 19.7 Å². The van der Waals surface area contributed by atoms with E-state index in [-0.39, 0.29) is 28.9 Å². The van der Waals surface area contributed by atoms with Crippen LogP contribution in [0.3, 0.4) is 0 Å². The number of nitrogens with one attached hydrogen (secondary N) is 1. The van der Waals surface area contributed by atoms with Gasteiger partial charge in [0.1, 0.15) is 6.54 Å². The first-order chi connectivity index (χ1) is 17.9. The van der Waals surface area contributed by atoms with Gasteiger partial charge < -0.3 is 15.8 Å². The summed E-state index contributed by atoms with van der Waals surface area (Å²) in [4.78, 5) is 36.9. The van der Waals surface area contributed by atoms with E-state index in [0.717, 1.165) is 9.25 Å². The van der Waals surface area contributed by atoms with Crippen LogP contribution in [0, 0.1) is 0 Å². The SMILES string of the molecule is NC(=O)OCCC(NC(=O)Cn1nc(-c2ccc(Cl)cc2)n(CCC(F)(F)F)c1=O)c1cccc(Cl)c1Cl. The zero-order chi connectivity index (χ0) is 28.0. The smallest absolute Gasteiger partial charge is 0.404 e. The van der Waals surface area contributed by atoms with Crippen molar-refractivity contribution in [2.24, 2.45) is 5.73 Å². The van der Waals surface area contributed by atoms with Crippen molar-refractivity contribution in [3.05, 3.63) is 73.6 Å². The van der Waals surface area contributed by atoms with E-state index >= 15 is 0 Å². The number of carbonyl (C=O) groups is 2. The molecule has 2 amide bonds. The summed E-state index contributed by atoms with van der Waals surface area (Å²) in [6.45, 7) is -1.49. The molecule has 0 bridgehead atoms. The molecule has 9 nitrogen and oxygen atoms in total. The number of alkyl halides is 3. The van der Waals surface area contributed by atoms with Gasteiger partial charge in [-0.3, -0.25) is 9.36 Å². The van der Waals surface area contributed by atoms with E-state index < -0.39 is 49.4 Å². The predicted molar refractivity (Wildman–Crippen MR) is 135 cm³/mol. The molecule has 0 aliphatic heterocycles. The van der Waals surface area contributed by atoms with E-state index in [9.17, 15) is 27.6 Å². The topological polar surface area (TPSA) is 121 Å². The van der Waals surface area contributed by atoms with Gasteiger partial charge in [-0.2, -0.15) is 13.2 Å². The van der Waals surface area contributed by atoms with E-state index in [0.29, 0.717) is 16.1 Å². The summed E-state index contributed by atoms with van der Waals surface area (Å²) < 4.78 is 45.1. The number of amides is 2. The second-order valence-corrected chi connectivity index (χ2v) is 9.23. The summed E-state index contributed by atoms with van der Waals surface area (Å²) in [7, 11) is 0. The molecule has 0 aliphatic rings. The summed E-state index contributed by atoms with van der Waals surface area (Å²) in [6.07, 6.45) is -6.76. The quantitative estimate of drug-likeness (QED) is 0.343. The summed E-state index contributed by atoms with van der Waals surface area (Å²) in [5, 5.41) is 7.51. The monoisotopic (exact) mass is 593 g/mol. The molecule has 3 rings (SSSR count). The molecule has 204 valence electrons. The van der Waals surface area contributed by atoms with E-state index in [4.69, 9.17) is 45.3 Å². The Bertz CT molecular complexity index is 1360. The number of benzene rings is 2. The maximum absolute atomic E-state index is 13.0. The first-order valence-electron chi connectivity index (χ1n) is 11.0. The number of hydrogen-bond acceptors (Lipinski definition) is 5. The molecular weight excluding hydrogens is 574 g/mol. The van der Waals surface area contributed by atoms with Crippen LogP contribution in [0.4, 0.5) is 18.0 Å². The van der Waals surface area contributed by atoms with Gasteiger partial charge in [0.25, 0.3) is 0 Å². The highest BCUT2D eigenvalue weighted by molar-refractivity contribution is 6.42. The van der Waals surface area contributed by atoms with E-state index in [1.54, 1.807) is 12.1 Å². The maximum Gasteiger partial charge on any atom is 0.404 e. The maximum atomic E-state index is 13.0. The van der Waals surface area contributed by atoms with Crippen molar-refractivity contribution in [2.75, 3.05) is 6.61 Å². The van der Waals surface area contributed by atoms with Crippen LogP contribution in [-0.4, -0.2) is 39.1 Å². The second-order valence-electron chi connectivity index (χ2n) is 8.01. The minimum Gasteiger partial charge on any atom is -0.450 e. The molecule has 1 heterocycles. The van der Waals surface area contributed by atoms with Gasteiger partial charge in [-0.15, -0.1) is 5.10 Å². The molecule has 15 heteroatoms. The number of carbonyl (C=O) groups excluding carboxylic acids is 2. The highest BCUT2D eigenvalue weighted by Crippen LogP contribution is 2.31.